The summed E-state index contributed by atoms with van der Waals surface area (Å²) in [5.74, 6) is -0.234. The second kappa shape index (κ2) is 11.1. The monoisotopic (exact) mass is 750 g/mol. The first kappa shape index (κ1) is 28.5. The Morgan fingerprint density at radius 1 is 1.06 bits per heavy atom. The van der Waals surface area contributed by atoms with Gasteiger partial charge in [-0.05, 0) is 130 Å². The zero-order valence-electron chi connectivity index (χ0n) is 18.6. The Morgan fingerprint density at radius 2 is 1.69 bits per heavy atom. The van der Waals surface area contributed by atoms with Crippen LogP contribution in [-0.4, -0.2) is 31.4 Å². The highest BCUT2D eigenvalue weighted by molar-refractivity contribution is 9.13. The van der Waals surface area contributed by atoms with E-state index in [2.05, 4.69) is 73.9 Å². The number of carbonyl (C=O) groups excluding carboxylic acids is 1. The highest BCUT2D eigenvalue weighted by Gasteiger charge is 2.29. The van der Waals surface area contributed by atoms with E-state index in [0.717, 1.165) is 0 Å². The first-order valence-corrected chi connectivity index (χ1v) is 14.7. The van der Waals surface area contributed by atoms with E-state index in [-0.39, 0.29) is 16.4 Å². The lowest BCUT2D eigenvalue weighted by Gasteiger charge is -2.23. The third-order valence-electron chi connectivity index (χ3n) is 5.25. The molecule has 0 heterocycles. The number of rotatable bonds is 6. The predicted octanol–water partition coefficient (Wildman–Crippen LogP) is 5.45. The van der Waals surface area contributed by atoms with Crippen LogP contribution in [0.15, 0.2) is 70.4 Å². The Labute approximate surface area is 237 Å². The van der Waals surface area contributed by atoms with Crippen LogP contribution >= 0.6 is 63.7 Å². The molecule has 3 rings (SSSR count). The lowest BCUT2D eigenvalue weighted by Crippen LogP contribution is -2.45. The number of carbonyl (C=O) groups is 1. The first-order chi connectivity index (χ1) is 16.3. The number of allylic oxidation sites excluding steroid dienone is 5. The van der Waals surface area contributed by atoms with E-state index in [9.17, 15) is 23.3 Å². The molecule has 0 bridgehead atoms. The molecular formula is C22H19BBr4N2O5S. The topological polar surface area (TPSA) is 116 Å². The molecule has 0 spiro atoms. The minimum absolute atomic E-state index is 0.00305. The zero-order valence-corrected chi connectivity index (χ0v) is 25.7. The minimum Gasteiger partial charge on any atom is -0.506 e. The molecule has 35 heavy (non-hydrogen) atoms. The van der Waals surface area contributed by atoms with Gasteiger partial charge in [0.2, 0.25) is 5.78 Å². The molecule has 1 aliphatic rings. The molecule has 0 amide bonds. The number of aromatic hydroxyl groups is 1. The van der Waals surface area contributed by atoms with Gasteiger partial charge >= 0.3 is 7.05 Å². The van der Waals surface area contributed by atoms with Gasteiger partial charge in [-0.3, -0.25) is 10.1 Å². The van der Waals surface area contributed by atoms with Crippen molar-refractivity contribution in [1.82, 2.24) is 10.2 Å². The molecule has 1 aliphatic carbocycles. The number of sulfonamides is 1. The van der Waals surface area contributed by atoms with Crippen LogP contribution in [0.5, 0.6) is 5.75 Å². The summed E-state index contributed by atoms with van der Waals surface area (Å²) in [6.07, 6.45) is 1.65. The maximum absolute atomic E-state index is 13.2. The van der Waals surface area contributed by atoms with Crippen molar-refractivity contribution in [2.24, 2.45) is 0 Å². The second-order valence-corrected chi connectivity index (χ2v) is 12.6. The van der Waals surface area contributed by atoms with Crippen molar-refractivity contribution < 1.29 is 23.3 Å². The number of nitrogens with one attached hydrogen (secondary N) is 2. The van der Waals surface area contributed by atoms with Crippen LogP contribution in [0.25, 0.3) is 5.57 Å². The van der Waals surface area contributed by atoms with Crippen LogP contribution in [0, 0.1) is 6.92 Å². The predicted molar refractivity (Wildman–Crippen MR) is 152 cm³/mol. The molecule has 4 N–H and O–H groups in total. The maximum Gasteiger partial charge on any atom is 0.388 e. The van der Waals surface area contributed by atoms with Gasteiger partial charge in [0.15, 0.2) is 0 Å². The van der Waals surface area contributed by atoms with Crippen LogP contribution in [0.3, 0.4) is 0 Å². The van der Waals surface area contributed by atoms with Crippen LogP contribution < -0.4 is 10.2 Å². The number of phenolic OH excluding ortho intramolecular Hbond substituents is 1. The van der Waals surface area contributed by atoms with Gasteiger partial charge in [-0.2, -0.15) is 4.83 Å². The number of hydrogen-bond donors (Lipinski definition) is 4. The summed E-state index contributed by atoms with van der Waals surface area (Å²) >= 11 is 13.5. The molecule has 0 radical (unpaired) electrons. The van der Waals surface area contributed by atoms with E-state index in [1.54, 1.807) is 44.2 Å². The van der Waals surface area contributed by atoms with Crippen molar-refractivity contribution in [2.75, 3.05) is 0 Å². The van der Waals surface area contributed by atoms with Crippen molar-refractivity contribution in [3.8, 4) is 5.75 Å². The normalized spacial score (nSPS) is 15.9. The SMILES string of the molecule is CB(O)NNS(=O)(=O)c1ccccc1C(=C1C=C(Br)C(=O)C(Br)=C1C)c1cc(Br)c(O)c(Br)c1C. The number of hydrazine groups is 1. The van der Waals surface area contributed by atoms with Crippen molar-refractivity contribution in [3.63, 3.8) is 0 Å². The molecule has 0 fully saturated rings. The van der Waals surface area contributed by atoms with Gasteiger partial charge in [-0.25, -0.2) is 8.42 Å². The molecule has 184 valence electrons. The lowest BCUT2D eigenvalue weighted by molar-refractivity contribution is -0.111. The molecule has 0 atom stereocenters. The van der Waals surface area contributed by atoms with Crippen LogP contribution in [0.1, 0.15) is 23.6 Å². The number of halogens is 4. The van der Waals surface area contributed by atoms with Gasteiger partial charge in [0.05, 0.1) is 22.8 Å². The van der Waals surface area contributed by atoms with Crippen molar-refractivity contribution >= 4 is 92.1 Å². The standard InChI is InChI=1S/C22H19BBr4N2O5S/c1-10-13(8-15(24)21(30)19(10)26)18(14-9-16(25)22(31)20(27)11(14)2)12-6-4-5-7-17(12)35(33,34)29-28-23(3)32/h4-9,28-30,32H,1-3H3. The maximum atomic E-state index is 13.2. The molecular weight excluding hydrogens is 735 g/mol. The van der Waals surface area contributed by atoms with Crippen molar-refractivity contribution in [2.45, 2.75) is 25.6 Å². The lowest BCUT2D eigenvalue weighted by atomic mass is 9.85. The van der Waals surface area contributed by atoms with Crippen LogP contribution in [-0.2, 0) is 14.8 Å². The zero-order chi connectivity index (χ0) is 26.2. The van der Waals surface area contributed by atoms with Gasteiger partial charge in [-0.1, -0.05) is 18.2 Å². The summed E-state index contributed by atoms with van der Waals surface area (Å²) in [7, 11) is -5.25. The Morgan fingerprint density at radius 3 is 2.31 bits per heavy atom. The average Bonchev–Trinajstić information content (AvgIpc) is 2.81. The number of Topliss-reactive ketones (excluding diaryl/α,β-unsaturated/α-hetero) is 1. The highest BCUT2D eigenvalue weighted by Crippen LogP contribution is 2.45. The molecule has 0 saturated heterocycles. The first-order valence-electron chi connectivity index (χ1n) is 10.0. The molecule has 2 aromatic rings. The molecule has 0 unspecified atom stereocenters. The minimum atomic E-state index is -4.13. The third kappa shape index (κ3) is 5.77. The quantitative estimate of drug-likeness (QED) is 0.231. The van der Waals surface area contributed by atoms with E-state index >= 15 is 0 Å². The summed E-state index contributed by atoms with van der Waals surface area (Å²) in [5.41, 5.74) is 3.34. The van der Waals surface area contributed by atoms with E-state index in [1.807, 2.05) is 0 Å². The van der Waals surface area contributed by atoms with Gasteiger partial charge in [0.25, 0.3) is 10.0 Å². The molecule has 0 saturated carbocycles. The summed E-state index contributed by atoms with van der Waals surface area (Å²) in [6, 6.07) is 8.10. The summed E-state index contributed by atoms with van der Waals surface area (Å²) in [4.78, 5) is 14.7. The fourth-order valence-corrected chi connectivity index (χ4v) is 6.87. The highest BCUT2D eigenvalue weighted by atomic mass is 79.9. The van der Waals surface area contributed by atoms with Crippen LogP contribution in [0.4, 0.5) is 0 Å². The Hall–Kier alpha value is -1.06. The smallest absolute Gasteiger partial charge is 0.388 e. The number of benzene rings is 2. The van der Waals surface area contributed by atoms with Crippen LogP contribution in [0.2, 0.25) is 6.82 Å². The van der Waals surface area contributed by atoms with E-state index in [0.29, 0.717) is 51.3 Å². The molecule has 0 aliphatic heterocycles. The number of hydrogen-bond acceptors (Lipinski definition) is 6. The van der Waals surface area contributed by atoms with Gasteiger partial charge in [0.1, 0.15) is 5.75 Å². The Balaban J connectivity index is 2.49. The molecule has 0 aromatic heterocycles. The van der Waals surface area contributed by atoms with Crippen molar-refractivity contribution in [1.29, 1.82) is 0 Å². The van der Waals surface area contributed by atoms with E-state index in [1.165, 1.54) is 12.9 Å². The fourth-order valence-electron chi connectivity index (χ4n) is 3.48. The summed E-state index contributed by atoms with van der Waals surface area (Å²) in [6.45, 7) is 4.93. The number of ketones is 1. The Kier molecular flexibility index (Phi) is 9.07. The average molecular weight is 754 g/mol. The molecule has 13 heteroatoms. The van der Waals surface area contributed by atoms with E-state index < -0.39 is 17.1 Å². The number of phenols is 1. The summed E-state index contributed by atoms with van der Waals surface area (Å²) in [5, 5.41) is 22.3. The molecule has 2 aromatic carbocycles. The van der Waals surface area contributed by atoms with E-state index in [4.69, 9.17) is 0 Å². The second-order valence-electron chi connectivity index (χ2n) is 7.66. The van der Waals surface area contributed by atoms with Crippen molar-refractivity contribution in [3.05, 3.63) is 82.2 Å². The molecule has 7 nitrogen and oxygen atoms in total. The Bertz CT molecular complexity index is 1440. The fraction of sp³-hybridized carbons (Fsp3) is 0.136. The largest absolute Gasteiger partial charge is 0.506 e. The van der Waals surface area contributed by atoms with Gasteiger partial charge < -0.3 is 10.1 Å². The third-order valence-corrected chi connectivity index (χ3v) is 9.69. The summed E-state index contributed by atoms with van der Waals surface area (Å²) < 4.78 is 28.0. The van der Waals surface area contributed by atoms with Gasteiger partial charge in [-0.15, -0.1) is 0 Å². The van der Waals surface area contributed by atoms with Gasteiger partial charge in [0, 0.05) is 5.56 Å².